The molecule has 0 saturated carbocycles. The van der Waals surface area contributed by atoms with E-state index >= 15 is 0 Å². The van der Waals surface area contributed by atoms with E-state index in [0.717, 1.165) is 18.6 Å². The minimum atomic E-state index is -4.23. The molecule has 118 valence electrons. The van der Waals surface area contributed by atoms with Crippen LogP contribution in [0.5, 0.6) is 0 Å². The third-order valence-corrected chi connectivity index (χ3v) is 4.86. The van der Waals surface area contributed by atoms with E-state index in [1.165, 1.54) is 0 Å². The second kappa shape index (κ2) is 5.96. The molecule has 1 aromatic rings. The highest BCUT2D eigenvalue weighted by atomic mass is 32.2. The minimum Gasteiger partial charge on any atom is -0.392 e. The van der Waals surface area contributed by atoms with Gasteiger partial charge in [-0.3, -0.25) is 0 Å². The zero-order chi connectivity index (χ0) is 15.7. The number of hydrogen-bond donors (Lipinski definition) is 2. The van der Waals surface area contributed by atoms with Crippen LogP contribution in [0.15, 0.2) is 17.0 Å². The fourth-order valence-corrected chi connectivity index (χ4v) is 3.50. The van der Waals surface area contributed by atoms with Crippen molar-refractivity contribution in [1.29, 1.82) is 0 Å². The van der Waals surface area contributed by atoms with E-state index < -0.39 is 38.8 Å². The summed E-state index contributed by atoms with van der Waals surface area (Å²) in [5.41, 5.74) is -0.658. The Morgan fingerprint density at radius 3 is 2.71 bits per heavy atom. The third-order valence-electron chi connectivity index (χ3n) is 3.46. The highest BCUT2D eigenvalue weighted by Gasteiger charge is 2.32. The smallest absolute Gasteiger partial charge is 0.243 e. The second-order valence-corrected chi connectivity index (χ2v) is 7.01. The van der Waals surface area contributed by atoms with Crippen LogP contribution < -0.4 is 4.72 Å². The second-order valence-electron chi connectivity index (χ2n) is 5.27. The first-order valence-electron chi connectivity index (χ1n) is 6.50. The summed E-state index contributed by atoms with van der Waals surface area (Å²) in [5.74, 6) is -2.78. The van der Waals surface area contributed by atoms with Crippen molar-refractivity contribution >= 4 is 10.0 Å². The molecule has 0 aromatic heterocycles. The van der Waals surface area contributed by atoms with Gasteiger partial charge in [0.1, 0.15) is 4.90 Å². The van der Waals surface area contributed by atoms with Gasteiger partial charge in [0, 0.05) is 13.2 Å². The molecule has 8 heteroatoms. The zero-order valence-electron chi connectivity index (χ0n) is 11.5. The van der Waals surface area contributed by atoms with Crippen molar-refractivity contribution in [2.45, 2.75) is 36.9 Å². The standard InChI is InChI=1S/C13H17F2NO4S/c1-13(3-2-4-20-13)8-16-21(18,19)11-6-9(7-17)5-10(14)12(11)15/h5-6,16-17H,2-4,7-8H2,1H3. The fraction of sp³-hybridized carbons (Fsp3) is 0.538. The summed E-state index contributed by atoms with van der Waals surface area (Å²) in [6, 6.07) is 1.67. The summed E-state index contributed by atoms with van der Waals surface area (Å²) in [4.78, 5) is -0.812. The predicted octanol–water partition coefficient (Wildman–Crippen LogP) is 1.30. The molecular formula is C13H17F2NO4S. The topological polar surface area (TPSA) is 75.6 Å². The van der Waals surface area contributed by atoms with Crippen molar-refractivity contribution < 1.29 is 27.0 Å². The van der Waals surface area contributed by atoms with Crippen LogP contribution in [0.4, 0.5) is 8.78 Å². The van der Waals surface area contributed by atoms with Gasteiger partial charge in [-0.2, -0.15) is 0 Å². The lowest BCUT2D eigenvalue weighted by Crippen LogP contribution is -2.40. The van der Waals surface area contributed by atoms with Gasteiger partial charge in [-0.05, 0) is 37.5 Å². The third kappa shape index (κ3) is 3.57. The lowest BCUT2D eigenvalue weighted by molar-refractivity contribution is 0.0250. The molecule has 0 amide bonds. The van der Waals surface area contributed by atoms with Gasteiger partial charge >= 0.3 is 0 Å². The molecule has 0 aliphatic carbocycles. The number of aliphatic hydroxyl groups excluding tert-OH is 1. The summed E-state index contributed by atoms with van der Waals surface area (Å²) < 4.78 is 59.0. The molecule has 0 spiro atoms. The van der Waals surface area contributed by atoms with Gasteiger partial charge in [0.25, 0.3) is 0 Å². The van der Waals surface area contributed by atoms with E-state index in [0.29, 0.717) is 13.0 Å². The normalized spacial score (nSPS) is 22.7. The summed E-state index contributed by atoms with van der Waals surface area (Å²) >= 11 is 0. The van der Waals surface area contributed by atoms with E-state index in [9.17, 15) is 17.2 Å². The maximum atomic E-state index is 13.7. The predicted molar refractivity (Wildman–Crippen MR) is 71.1 cm³/mol. The Morgan fingerprint density at radius 2 is 2.14 bits per heavy atom. The first-order valence-corrected chi connectivity index (χ1v) is 7.98. The molecule has 1 aromatic carbocycles. The number of sulfonamides is 1. The van der Waals surface area contributed by atoms with E-state index in [-0.39, 0.29) is 12.1 Å². The zero-order valence-corrected chi connectivity index (χ0v) is 12.3. The summed E-state index contributed by atoms with van der Waals surface area (Å²) in [6.45, 7) is 1.69. The van der Waals surface area contributed by atoms with Crippen LogP contribution in [0, 0.1) is 11.6 Å². The SMILES string of the molecule is CC1(CNS(=O)(=O)c2cc(CO)cc(F)c2F)CCCO1. The van der Waals surface area contributed by atoms with Crippen molar-refractivity contribution in [1.82, 2.24) is 4.72 Å². The Balaban J connectivity index is 2.25. The maximum absolute atomic E-state index is 13.7. The quantitative estimate of drug-likeness (QED) is 0.857. The molecule has 5 nitrogen and oxygen atoms in total. The average Bonchev–Trinajstić information content (AvgIpc) is 2.87. The first-order chi connectivity index (χ1) is 9.77. The Morgan fingerprint density at radius 1 is 1.43 bits per heavy atom. The van der Waals surface area contributed by atoms with Gasteiger partial charge in [-0.25, -0.2) is 21.9 Å². The van der Waals surface area contributed by atoms with Crippen LogP contribution in [0.2, 0.25) is 0 Å². The number of nitrogens with one attached hydrogen (secondary N) is 1. The largest absolute Gasteiger partial charge is 0.392 e. The number of aliphatic hydroxyl groups is 1. The minimum absolute atomic E-state index is 0.0161. The van der Waals surface area contributed by atoms with Crippen LogP contribution in [0.25, 0.3) is 0 Å². The van der Waals surface area contributed by atoms with Gasteiger partial charge in [0.15, 0.2) is 11.6 Å². The fourth-order valence-electron chi connectivity index (χ4n) is 2.21. The van der Waals surface area contributed by atoms with E-state index in [1.807, 2.05) is 0 Å². The van der Waals surface area contributed by atoms with Crippen molar-refractivity contribution in [3.8, 4) is 0 Å². The lowest BCUT2D eigenvalue weighted by Gasteiger charge is -2.23. The molecule has 1 aliphatic heterocycles. The number of ether oxygens (including phenoxy) is 1. The van der Waals surface area contributed by atoms with Crippen molar-refractivity contribution in [3.05, 3.63) is 29.3 Å². The summed E-state index contributed by atoms with van der Waals surface area (Å²) in [6.07, 6.45) is 1.50. The Bertz CT molecular complexity index is 627. The maximum Gasteiger partial charge on any atom is 0.243 e. The van der Waals surface area contributed by atoms with Crippen LogP contribution in [-0.4, -0.2) is 32.3 Å². The van der Waals surface area contributed by atoms with Gasteiger partial charge in [-0.15, -0.1) is 0 Å². The van der Waals surface area contributed by atoms with Gasteiger partial charge in [0.2, 0.25) is 10.0 Å². The van der Waals surface area contributed by atoms with Crippen LogP contribution in [0.3, 0.4) is 0 Å². The van der Waals surface area contributed by atoms with Crippen LogP contribution >= 0.6 is 0 Å². The monoisotopic (exact) mass is 321 g/mol. The van der Waals surface area contributed by atoms with E-state index in [2.05, 4.69) is 4.72 Å². The van der Waals surface area contributed by atoms with Gasteiger partial charge in [-0.1, -0.05) is 0 Å². The molecule has 21 heavy (non-hydrogen) atoms. The van der Waals surface area contributed by atoms with Crippen LogP contribution in [0.1, 0.15) is 25.3 Å². The molecule has 0 radical (unpaired) electrons. The Labute approximate surface area is 122 Å². The number of hydrogen-bond acceptors (Lipinski definition) is 4. The van der Waals surface area contributed by atoms with Gasteiger partial charge < -0.3 is 9.84 Å². The highest BCUT2D eigenvalue weighted by molar-refractivity contribution is 7.89. The molecular weight excluding hydrogens is 304 g/mol. The molecule has 1 fully saturated rings. The van der Waals surface area contributed by atoms with Gasteiger partial charge in [0.05, 0.1) is 12.2 Å². The van der Waals surface area contributed by atoms with Crippen molar-refractivity contribution in [2.24, 2.45) is 0 Å². The molecule has 1 heterocycles. The number of benzene rings is 1. The molecule has 1 aliphatic rings. The Kier molecular flexibility index (Phi) is 4.62. The molecule has 2 rings (SSSR count). The summed E-state index contributed by atoms with van der Waals surface area (Å²) in [5, 5.41) is 8.96. The van der Waals surface area contributed by atoms with E-state index in [4.69, 9.17) is 9.84 Å². The molecule has 2 N–H and O–H groups in total. The van der Waals surface area contributed by atoms with Crippen molar-refractivity contribution in [3.63, 3.8) is 0 Å². The van der Waals surface area contributed by atoms with E-state index in [1.54, 1.807) is 6.92 Å². The molecule has 1 saturated heterocycles. The Hall–Kier alpha value is -1.09. The number of halogens is 2. The lowest BCUT2D eigenvalue weighted by atomic mass is 10.0. The first kappa shape index (κ1) is 16.3. The number of rotatable bonds is 5. The van der Waals surface area contributed by atoms with Crippen molar-refractivity contribution in [2.75, 3.05) is 13.2 Å². The average molecular weight is 321 g/mol. The molecule has 1 atom stereocenters. The highest BCUT2D eigenvalue weighted by Crippen LogP contribution is 2.25. The van der Waals surface area contributed by atoms with Crippen LogP contribution in [-0.2, 0) is 21.4 Å². The molecule has 0 bridgehead atoms. The summed E-state index contributed by atoms with van der Waals surface area (Å²) in [7, 11) is -4.23. The molecule has 1 unspecified atom stereocenters.